The molecule has 110 valence electrons. The van der Waals surface area contributed by atoms with Crippen molar-refractivity contribution < 1.29 is 4.92 Å². The summed E-state index contributed by atoms with van der Waals surface area (Å²) < 4.78 is 0. The van der Waals surface area contributed by atoms with E-state index in [1.807, 2.05) is 0 Å². The van der Waals surface area contributed by atoms with E-state index in [4.69, 9.17) is 46.4 Å². The summed E-state index contributed by atoms with van der Waals surface area (Å²) in [7, 11) is 0. The number of hydrogen-bond donors (Lipinski definition) is 1. The van der Waals surface area contributed by atoms with E-state index < -0.39 is 4.92 Å². The molecule has 2 rings (SSSR count). The SMILES string of the molecule is O=[N+]([O-])c1ccc(CNc2c(Cl)cc(Cl)cc2Cl)c(Cl)c1. The van der Waals surface area contributed by atoms with Crippen LogP contribution in [0.15, 0.2) is 30.3 Å². The maximum absolute atomic E-state index is 10.6. The number of benzene rings is 2. The van der Waals surface area contributed by atoms with Gasteiger partial charge in [0.15, 0.2) is 0 Å². The fourth-order valence-corrected chi connectivity index (χ4v) is 2.88. The Kier molecular flexibility index (Phi) is 5.17. The number of hydrogen-bond acceptors (Lipinski definition) is 3. The highest BCUT2D eigenvalue weighted by atomic mass is 35.5. The molecular weight excluding hydrogens is 358 g/mol. The van der Waals surface area contributed by atoms with Crippen LogP contribution >= 0.6 is 46.4 Å². The average Bonchev–Trinajstić information content (AvgIpc) is 2.38. The molecule has 0 aliphatic carbocycles. The predicted octanol–water partition coefficient (Wildman–Crippen LogP) is 5.82. The number of nitro benzene ring substituents is 1. The zero-order chi connectivity index (χ0) is 15.6. The molecule has 0 amide bonds. The first-order chi connectivity index (χ1) is 9.88. The number of rotatable bonds is 4. The number of halogens is 4. The number of nitrogens with one attached hydrogen (secondary N) is 1. The molecule has 0 heterocycles. The fourth-order valence-electron chi connectivity index (χ4n) is 1.69. The van der Waals surface area contributed by atoms with Crippen LogP contribution in [0.1, 0.15) is 5.56 Å². The van der Waals surface area contributed by atoms with Crippen LogP contribution in [0.5, 0.6) is 0 Å². The molecule has 8 heteroatoms. The van der Waals surface area contributed by atoms with Crippen molar-refractivity contribution in [3.05, 3.63) is 66.1 Å². The Hall–Kier alpha value is -1.20. The van der Waals surface area contributed by atoms with Crippen molar-refractivity contribution in [2.45, 2.75) is 6.54 Å². The molecule has 2 aromatic rings. The van der Waals surface area contributed by atoms with Crippen LogP contribution in [0.4, 0.5) is 11.4 Å². The van der Waals surface area contributed by atoms with Crippen molar-refractivity contribution in [1.82, 2.24) is 0 Å². The van der Waals surface area contributed by atoms with E-state index in [9.17, 15) is 10.1 Å². The van der Waals surface area contributed by atoms with Crippen molar-refractivity contribution in [3.63, 3.8) is 0 Å². The average molecular weight is 366 g/mol. The Morgan fingerprint density at radius 2 is 1.62 bits per heavy atom. The van der Waals surface area contributed by atoms with Gasteiger partial charge in [0.1, 0.15) is 0 Å². The molecule has 0 atom stereocenters. The molecule has 0 saturated heterocycles. The molecule has 2 aromatic carbocycles. The van der Waals surface area contributed by atoms with Crippen molar-refractivity contribution in [2.75, 3.05) is 5.32 Å². The van der Waals surface area contributed by atoms with E-state index in [2.05, 4.69) is 5.32 Å². The van der Waals surface area contributed by atoms with Gasteiger partial charge in [-0.1, -0.05) is 46.4 Å². The number of nitrogens with zero attached hydrogens (tertiary/aromatic N) is 1. The molecule has 0 fully saturated rings. The maximum Gasteiger partial charge on any atom is 0.270 e. The Morgan fingerprint density at radius 3 is 2.14 bits per heavy atom. The number of non-ortho nitro benzene ring substituents is 1. The minimum atomic E-state index is -0.504. The standard InChI is InChI=1S/C13H8Cl4N2O2/c14-8-3-11(16)13(12(17)4-8)18-6-7-1-2-9(19(20)21)5-10(7)15/h1-5,18H,6H2. The Balaban J connectivity index is 2.19. The second kappa shape index (κ2) is 6.71. The van der Waals surface area contributed by atoms with Gasteiger partial charge in [-0.05, 0) is 23.8 Å². The van der Waals surface area contributed by atoms with Crippen LogP contribution < -0.4 is 5.32 Å². The molecule has 0 aliphatic heterocycles. The third-order valence-electron chi connectivity index (χ3n) is 2.71. The maximum atomic E-state index is 10.6. The van der Waals surface area contributed by atoms with E-state index in [1.165, 1.54) is 12.1 Å². The second-order valence-corrected chi connectivity index (χ2v) is 5.79. The van der Waals surface area contributed by atoms with Gasteiger partial charge in [-0.2, -0.15) is 0 Å². The first-order valence-electron chi connectivity index (χ1n) is 5.69. The van der Waals surface area contributed by atoms with Crippen molar-refractivity contribution >= 4 is 57.8 Å². The van der Waals surface area contributed by atoms with Gasteiger partial charge in [-0.15, -0.1) is 0 Å². The zero-order valence-electron chi connectivity index (χ0n) is 10.4. The molecule has 0 aliphatic rings. The molecular formula is C13H8Cl4N2O2. The van der Waals surface area contributed by atoms with Crippen LogP contribution in [0, 0.1) is 10.1 Å². The van der Waals surface area contributed by atoms with Gasteiger partial charge in [-0.25, -0.2) is 0 Å². The van der Waals surface area contributed by atoms with Crippen molar-refractivity contribution in [2.24, 2.45) is 0 Å². The van der Waals surface area contributed by atoms with Gasteiger partial charge in [0, 0.05) is 23.7 Å². The van der Waals surface area contributed by atoms with Gasteiger partial charge in [0.2, 0.25) is 0 Å². The molecule has 0 spiro atoms. The lowest BCUT2D eigenvalue weighted by Gasteiger charge is -2.12. The lowest BCUT2D eigenvalue weighted by atomic mass is 10.2. The third-order valence-corrected chi connectivity index (χ3v) is 3.88. The first kappa shape index (κ1) is 16.2. The van der Waals surface area contributed by atoms with E-state index in [0.29, 0.717) is 32.9 Å². The van der Waals surface area contributed by atoms with Gasteiger partial charge in [0.25, 0.3) is 5.69 Å². The van der Waals surface area contributed by atoms with Gasteiger partial charge in [0.05, 0.1) is 25.7 Å². The molecule has 0 unspecified atom stereocenters. The number of anilines is 1. The highest BCUT2D eigenvalue weighted by Crippen LogP contribution is 2.34. The Morgan fingerprint density at radius 1 is 1.00 bits per heavy atom. The van der Waals surface area contributed by atoms with E-state index in [0.717, 1.165) is 0 Å². The molecule has 0 bridgehead atoms. The summed E-state index contributed by atoms with van der Waals surface area (Å²) in [4.78, 5) is 10.1. The summed E-state index contributed by atoms with van der Waals surface area (Å²) >= 11 is 24.0. The van der Waals surface area contributed by atoms with Crippen LogP contribution in [-0.2, 0) is 6.54 Å². The molecule has 0 radical (unpaired) electrons. The lowest BCUT2D eigenvalue weighted by Crippen LogP contribution is -2.02. The smallest absolute Gasteiger partial charge is 0.270 e. The highest BCUT2D eigenvalue weighted by molar-refractivity contribution is 6.41. The normalized spacial score (nSPS) is 10.5. The first-order valence-corrected chi connectivity index (χ1v) is 7.21. The van der Waals surface area contributed by atoms with Crippen LogP contribution in [-0.4, -0.2) is 4.92 Å². The molecule has 0 aromatic heterocycles. The van der Waals surface area contributed by atoms with Crippen LogP contribution in [0.25, 0.3) is 0 Å². The molecule has 21 heavy (non-hydrogen) atoms. The van der Waals surface area contributed by atoms with Crippen molar-refractivity contribution in [1.29, 1.82) is 0 Å². The van der Waals surface area contributed by atoms with E-state index in [-0.39, 0.29) is 10.7 Å². The summed E-state index contributed by atoms with van der Waals surface area (Å²) in [6.07, 6.45) is 0. The number of nitro groups is 1. The van der Waals surface area contributed by atoms with E-state index in [1.54, 1.807) is 18.2 Å². The largest absolute Gasteiger partial charge is 0.378 e. The predicted molar refractivity (Wildman–Crippen MR) is 86.9 cm³/mol. The zero-order valence-corrected chi connectivity index (χ0v) is 13.4. The second-order valence-electron chi connectivity index (χ2n) is 4.13. The fraction of sp³-hybridized carbons (Fsp3) is 0.0769. The van der Waals surface area contributed by atoms with Gasteiger partial charge in [-0.3, -0.25) is 10.1 Å². The van der Waals surface area contributed by atoms with Gasteiger partial charge < -0.3 is 5.32 Å². The monoisotopic (exact) mass is 364 g/mol. The minimum absolute atomic E-state index is 0.0636. The molecule has 0 saturated carbocycles. The quantitative estimate of drug-likeness (QED) is 0.548. The molecule has 4 nitrogen and oxygen atoms in total. The van der Waals surface area contributed by atoms with E-state index >= 15 is 0 Å². The highest BCUT2D eigenvalue weighted by Gasteiger charge is 2.11. The summed E-state index contributed by atoms with van der Waals surface area (Å²) in [5.41, 5.74) is 1.15. The van der Waals surface area contributed by atoms with Crippen LogP contribution in [0.3, 0.4) is 0 Å². The third kappa shape index (κ3) is 3.92. The topological polar surface area (TPSA) is 55.2 Å². The summed E-state index contributed by atoms with van der Waals surface area (Å²) in [5, 5.41) is 15.2. The summed E-state index contributed by atoms with van der Waals surface area (Å²) in [6.45, 7) is 0.317. The van der Waals surface area contributed by atoms with Gasteiger partial charge >= 0.3 is 0 Å². The summed E-state index contributed by atoms with van der Waals surface area (Å²) in [6, 6.07) is 7.38. The Labute approximate surface area is 140 Å². The summed E-state index contributed by atoms with van der Waals surface area (Å²) in [5.74, 6) is 0. The lowest BCUT2D eigenvalue weighted by molar-refractivity contribution is -0.384. The minimum Gasteiger partial charge on any atom is -0.378 e. The Bertz CT molecular complexity index is 684. The van der Waals surface area contributed by atoms with Crippen LogP contribution in [0.2, 0.25) is 20.1 Å². The van der Waals surface area contributed by atoms with Crippen molar-refractivity contribution in [3.8, 4) is 0 Å². The molecule has 1 N–H and O–H groups in total.